The van der Waals surface area contributed by atoms with E-state index in [4.69, 9.17) is 22.9 Å². The molecule has 0 spiro atoms. The van der Waals surface area contributed by atoms with Gasteiger partial charge in [0.05, 0.1) is 6.04 Å². The number of nitrogens with two attached hydrogens (primary N) is 4. The average Bonchev–Trinajstić information content (AvgIpc) is 2.71. The van der Waals surface area contributed by atoms with Gasteiger partial charge >= 0.3 is 5.97 Å². The molecule has 4 atom stereocenters. The Morgan fingerprint density at radius 1 is 0.938 bits per heavy atom. The minimum absolute atomic E-state index is 0.0109. The van der Waals surface area contributed by atoms with Gasteiger partial charge in [-0.3, -0.25) is 24.2 Å². The molecule has 0 aliphatic rings. The molecule has 0 aliphatic heterocycles. The first-order chi connectivity index (χ1) is 14.9. The van der Waals surface area contributed by atoms with E-state index < -0.39 is 53.8 Å². The molecule has 0 aromatic carbocycles. The summed E-state index contributed by atoms with van der Waals surface area (Å²) >= 11 is 4.01. The molecule has 4 unspecified atom stereocenters. The predicted octanol–water partition coefficient (Wildman–Crippen LogP) is -3.88. The first-order valence-corrected chi connectivity index (χ1v) is 10.4. The molecule has 15 heteroatoms. The molecule has 0 radical (unpaired) electrons. The number of primary amides is 1. The van der Waals surface area contributed by atoms with Gasteiger partial charge in [0.25, 0.3) is 0 Å². The molecule has 12 N–H and O–H groups in total. The third kappa shape index (κ3) is 11.9. The van der Waals surface area contributed by atoms with E-state index in [1.54, 1.807) is 0 Å². The number of carboxylic acids is 1. The van der Waals surface area contributed by atoms with Gasteiger partial charge in [0.2, 0.25) is 23.6 Å². The summed E-state index contributed by atoms with van der Waals surface area (Å²) in [5.41, 5.74) is 21.0. The lowest BCUT2D eigenvalue weighted by Crippen LogP contribution is -2.57. The van der Waals surface area contributed by atoms with Gasteiger partial charge in [-0.05, 0) is 26.2 Å². The number of aliphatic imine (C=N–C) groups is 1. The first-order valence-electron chi connectivity index (χ1n) is 9.73. The van der Waals surface area contributed by atoms with Crippen LogP contribution in [0.1, 0.15) is 32.6 Å². The molecular formula is C17H32N8O6S. The molecule has 0 heterocycles. The van der Waals surface area contributed by atoms with Crippen molar-refractivity contribution in [1.29, 1.82) is 0 Å². The van der Waals surface area contributed by atoms with Crippen molar-refractivity contribution in [3.63, 3.8) is 0 Å². The smallest absolute Gasteiger partial charge is 0.326 e. The van der Waals surface area contributed by atoms with Crippen molar-refractivity contribution in [2.45, 2.75) is 56.8 Å². The van der Waals surface area contributed by atoms with Crippen LogP contribution in [-0.2, 0) is 24.0 Å². The fourth-order valence-corrected chi connectivity index (χ4v) is 2.60. The summed E-state index contributed by atoms with van der Waals surface area (Å²) in [5.74, 6) is -4.29. The average molecular weight is 477 g/mol. The molecular weight excluding hydrogens is 444 g/mol. The number of guanidine groups is 1. The number of rotatable bonds is 15. The van der Waals surface area contributed by atoms with Crippen LogP contribution in [0.2, 0.25) is 0 Å². The first kappa shape index (κ1) is 28.9. The van der Waals surface area contributed by atoms with Crippen LogP contribution >= 0.6 is 12.6 Å². The van der Waals surface area contributed by atoms with E-state index >= 15 is 0 Å². The second-order valence-electron chi connectivity index (χ2n) is 6.93. The highest BCUT2D eigenvalue weighted by molar-refractivity contribution is 7.80. The van der Waals surface area contributed by atoms with Gasteiger partial charge in [-0.1, -0.05) is 0 Å². The molecule has 0 bridgehead atoms. The summed E-state index contributed by atoms with van der Waals surface area (Å²) < 4.78 is 0. The van der Waals surface area contributed by atoms with Crippen molar-refractivity contribution in [1.82, 2.24) is 16.0 Å². The van der Waals surface area contributed by atoms with Crippen molar-refractivity contribution in [3.05, 3.63) is 0 Å². The topological polar surface area (TPSA) is 258 Å². The molecule has 0 saturated heterocycles. The van der Waals surface area contributed by atoms with Gasteiger partial charge in [-0.2, -0.15) is 12.6 Å². The van der Waals surface area contributed by atoms with Gasteiger partial charge < -0.3 is 44.0 Å². The molecule has 32 heavy (non-hydrogen) atoms. The summed E-state index contributed by atoms with van der Waals surface area (Å²) in [7, 11) is 0. The maximum absolute atomic E-state index is 12.4. The number of hydrogen-bond donors (Lipinski definition) is 9. The number of nitrogens with one attached hydrogen (secondary N) is 3. The van der Waals surface area contributed by atoms with Crippen molar-refractivity contribution in [3.8, 4) is 0 Å². The molecule has 182 valence electrons. The molecule has 0 saturated carbocycles. The van der Waals surface area contributed by atoms with E-state index in [1.165, 1.54) is 6.92 Å². The van der Waals surface area contributed by atoms with Gasteiger partial charge in [-0.25, -0.2) is 4.79 Å². The number of carbonyl (C=O) groups is 5. The van der Waals surface area contributed by atoms with Gasteiger partial charge in [0.1, 0.15) is 18.1 Å². The molecule has 4 amide bonds. The molecule has 0 aliphatic carbocycles. The number of amides is 4. The summed E-state index contributed by atoms with van der Waals surface area (Å²) in [4.78, 5) is 62.6. The largest absolute Gasteiger partial charge is 0.480 e. The van der Waals surface area contributed by atoms with Crippen LogP contribution in [0.5, 0.6) is 0 Å². The minimum atomic E-state index is -1.27. The van der Waals surface area contributed by atoms with Crippen molar-refractivity contribution < 1.29 is 29.1 Å². The monoisotopic (exact) mass is 476 g/mol. The molecule has 0 aromatic rings. The predicted molar refractivity (Wildman–Crippen MR) is 119 cm³/mol. The minimum Gasteiger partial charge on any atom is -0.480 e. The normalized spacial score (nSPS) is 14.2. The standard InChI is InChI=1S/C17H32N8O6S/c1-8(23-14(28)9(18)4-5-12(19)26)13(27)25-11(7-32)15(29)24-10(16(30)31)3-2-6-22-17(20)21/h8-11,32H,2-7,18H2,1H3,(H2,19,26)(H,23,28)(H,24,29)(H,25,27)(H,30,31)(H4,20,21,22). The zero-order valence-electron chi connectivity index (χ0n) is 17.7. The van der Waals surface area contributed by atoms with E-state index in [0.29, 0.717) is 6.42 Å². The van der Waals surface area contributed by atoms with E-state index in [9.17, 15) is 29.1 Å². The van der Waals surface area contributed by atoms with Crippen LogP contribution in [0.15, 0.2) is 4.99 Å². The highest BCUT2D eigenvalue weighted by atomic mass is 32.1. The summed E-state index contributed by atoms with van der Waals surface area (Å²) in [6.07, 6.45) is 0.275. The van der Waals surface area contributed by atoms with E-state index in [1.807, 2.05) is 0 Å². The van der Waals surface area contributed by atoms with Crippen LogP contribution in [0, 0.1) is 0 Å². The third-order valence-corrected chi connectivity index (χ3v) is 4.53. The van der Waals surface area contributed by atoms with Gasteiger partial charge in [0.15, 0.2) is 5.96 Å². The summed E-state index contributed by atoms with van der Waals surface area (Å²) in [6, 6.07) is -4.49. The fourth-order valence-electron chi connectivity index (χ4n) is 2.34. The molecule has 0 rings (SSSR count). The summed E-state index contributed by atoms with van der Waals surface area (Å²) in [6.45, 7) is 1.55. The Labute approximate surface area is 190 Å². The Kier molecular flexibility index (Phi) is 13.4. The Bertz CT molecular complexity index is 715. The van der Waals surface area contributed by atoms with E-state index in [2.05, 4.69) is 33.6 Å². The van der Waals surface area contributed by atoms with E-state index in [0.717, 1.165) is 0 Å². The maximum Gasteiger partial charge on any atom is 0.326 e. The van der Waals surface area contributed by atoms with Gasteiger partial charge in [-0.15, -0.1) is 0 Å². The quantitative estimate of drug-likeness (QED) is 0.0483. The molecule has 14 nitrogen and oxygen atoms in total. The number of thiol groups is 1. The lowest BCUT2D eigenvalue weighted by molar-refractivity contribution is -0.142. The van der Waals surface area contributed by atoms with Crippen LogP contribution in [0.25, 0.3) is 0 Å². The SMILES string of the molecule is CC(NC(=O)C(N)CCC(N)=O)C(=O)NC(CS)C(=O)NC(CCCN=C(N)N)C(=O)O. The Balaban J connectivity index is 4.79. The van der Waals surface area contributed by atoms with Crippen molar-refractivity contribution in [2.75, 3.05) is 12.3 Å². The van der Waals surface area contributed by atoms with E-state index in [-0.39, 0.29) is 37.5 Å². The fraction of sp³-hybridized carbons (Fsp3) is 0.647. The zero-order chi connectivity index (χ0) is 24.8. The zero-order valence-corrected chi connectivity index (χ0v) is 18.6. The Morgan fingerprint density at radius 3 is 2.03 bits per heavy atom. The summed E-state index contributed by atoms with van der Waals surface area (Å²) in [5, 5.41) is 16.4. The lowest BCUT2D eigenvalue weighted by atomic mass is 10.1. The maximum atomic E-state index is 12.4. The van der Waals surface area contributed by atoms with Crippen LogP contribution in [-0.4, -0.2) is 77.1 Å². The van der Waals surface area contributed by atoms with Crippen molar-refractivity contribution >= 4 is 48.2 Å². The van der Waals surface area contributed by atoms with Gasteiger partial charge in [0, 0.05) is 18.7 Å². The number of aliphatic carboxylic acids is 1. The highest BCUT2D eigenvalue weighted by Crippen LogP contribution is 2.01. The number of hydrogen-bond acceptors (Lipinski definition) is 8. The molecule has 0 aromatic heterocycles. The highest BCUT2D eigenvalue weighted by Gasteiger charge is 2.28. The second kappa shape index (κ2) is 14.9. The van der Waals surface area contributed by atoms with Crippen LogP contribution in [0.4, 0.5) is 0 Å². The van der Waals surface area contributed by atoms with Crippen LogP contribution in [0.3, 0.4) is 0 Å². The third-order valence-electron chi connectivity index (χ3n) is 4.17. The number of carbonyl (C=O) groups excluding carboxylic acids is 4. The Hall–Kier alpha value is -3.07. The Morgan fingerprint density at radius 2 is 1.53 bits per heavy atom. The number of nitrogens with zero attached hydrogens (tertiary/aromatic N) is 1. The molecule has 0 fully saturated rings. The number of carboxylic acid groups (broad SMARTS) is 1. The lowest BCUT2D eigenvalue weighted by Gasteiger charge is -2.22. The second-order valence-corrected chi connectivity index (χ2v) is 7.30. The van der Waals surface area contributed by atoms with Crippen LogP contribution < -0.4 is 38.9 Å². The van der Waals surface area contributed by atoms with Crippen molar-refractivity contribution in [2.24, 2.45) is 27.9 Å².